The molecule has 0 aliphatic carbocycles. The predicted molar refractivity (Wildman–Crippen MR) is 118 cm³/mol. The maximum Gasteiger partial charge on any atom is 0.127 e. The second kappa shape index (κ2) is 7.28. The zero-order valence-electron chi connectivity index (χ0n) is 16.3. The van der Waals surface area contributed by atoms with E-state index >= 15 is 0 Å². The van der Waals surface area contributed by atoms with E-state index in [4.69, 9.17) is 0 Å². The van der Waals surface area contributed by atoms with Gasteiger partial charge in [0.05, 0.1) is 0 Å². The second-order valence-electron chi connectivity index (χ2n) is 7.79. The van der Waals surface area contributed by atoms with Gasteiger partial charge in [0.1, 0.15) is 5.75 Å². The number of rotatable bonds is 4. The summed E-state index contributed by atoms with van der Waals surface area (Å²) in [6, 6.07) is 20.5. The first kappa shape index (κ1) is 18.7. The first-order valence-electron chi connectivity index (χ1n) is 9.17. The van der Waals surface area contributed by atoms with Gasteiger partial charge in [0, 0.05) is 5.56 Å². The van der Waals surface area contributed by atoms with Gasteiger partial charge in [-0.3, -0.25) is 0 Å². The van der Waals surface area contributed by atoms with Crippen molar-refractivity contribution >= 4 is 12.2 Å². The van der Waals surface area contributed by atoms with Crippen LogP contribution in [0.5, 0.6) is 5.75 Å². The molecule has 0 amide bonds. The summed E-state index contributed by atoms with van der Waals surface area (Å²) in [4.78, 5) is 0. The van der Waals surface area contributed by atoms with Crippen LogP contribution in [0.15, 0.2) is 73.8 Å². The Morgan fingerprint density at radius 3 is 1.96 bits per heavy atom. The van der Waals surface area contributed by atoms with E-state index in [9.17, 15) is 5.11 Å². The quantitative estimate of drug-likeness (QED) is 0.521. The lowest BCUT2D eigenvalue weighted by Crippen LogP contribution is -2.11. The first-order valence-corrected chi connectivity index (χ1v) is 9.17. The van der Waals surface area contributed by atoms with Crippen molar-refractivity contribution in [3.05, 3.63) is 90.5 Å². The van der Waals surface area contributed by atoms with Crippen molar-refractivity contribution in [2.45, 2.75) is 26.2 Å². The average molecular weight is 354 g/mol. The fourth-order valence-electron chi connectivity index (χ4n) is 3.33. The van der Waals surface area contributed by atoms with Crippen LogP contribution >= 0.6 is 0 Å². The van der Waals surface area contributed by atoms with Crippen LogP contribution < -0.4 is 0 Å². The lowest BCUT2D eigenvalue weighted by molar-refractivity contribution is 0.448. The van der Waals surface area contributed by atoms with Gasteiger partial charge in [0.15, 0.2) is 0 Å². The van der Waals surface area contributed by atoms with E-state index in [0.29, 0.717) is 5.75 Å². The fourth-order valence-corrected chi connectivity index (χ4v) is 3.33. The summed E-state index contributed by atoms with van der Waals surface area (Å²) in [5.41, 5.74) is 6.97. The molecule has 0 saturated carbocycles. The van der Waals surface area contributed by atoms with Crippen molar-refractivity contribution in [3.63, 3.8) is 0 Å². The summed E-state index contributed by atoms with van der Waals surface area (Å²) in [6.45, 7) is 14.1. The molecule has 0 heterocycles. The van der Waals surface area contributed by atoms with Gasteiger partial charge in [-0.1, -0.05) is 101 Å². The Bertz CT molecular complexity index is 986. The van der Waals surface area contributed by atoms with Gasteiger partial charge >= 0.3 is 0 Å². The lowest BCUT2D eigenvalue weighted by atomic mass is 9.83. The standard InChI is InChI=1S/C26H26O/c1-6-18-11-14-20(15-12-18)23-17-19(7-2)13-16-21(23)22-9-8-10-24(25(22)27)26(3,4)5/h6-17,27H,1-2H2,3-5H3. The molecule has 0 fully saturated rings. The molecule has 0 radical (unpaired) electrons. The van der Waals surface area contributed by atoms with Crippen LogP contribution in [-0.4, -0.2) is 5.11 Å². The number of phenols is 1. The van der Waals surface area contributed by atoms with Crippen molar-refractivity contribution in [1.29, 1.82) is 0 Å². The predicted octanol–water partition coefficient (Wildman–Crippen LogP) is 7.31. The molecule has 3 rings (SSSR count). The molecule has 3 aromatic rings. The molecule has 1 heteroatoms. The van der Waals surface area contributed by atoms with Gasteiger partial charge in [0.25, 0.3) is 0 Å². The van der Waals surface area contributed by atoms with E-state index in [0.717, 1.165) is 38.9 Å². The molecule has 0 aliphatic rings. The molecule has 0 spiro atoms. The highest BCUT2D eigenvalue weighted by molar-refractivity contribution is 5.88. The summed E-state index contributed by atoms with van der Waals surface area (Å²) < 4.78 is 0. The molecule has 0 atom stereocenters. The summed E-state index contributed by atoms with van der Waals surface area (Å²) in [7, 11) is 0. The second-order valence-corrected chi connectivity index (χ2v) is 7.79. The number of phenolic OH excluding ortho intramolecular Hbond substituents is 1. The van der Waals surface area contributed by atoms with E-state index in [1.54, 1.807) is 0 Å². The van der Waals surface area contributed by atoms with Gasteiger partial charge in [0.2, 0.25) is 0 Å². The normalized spacial score (nSPS) is 11.2. The molecule has 1 N–H and O–H groups in total. The van der Waals surface area contributed by atoms with Crippen molar-refractivity contribution < 1.29 is 5.11 Å². The van der Waals surface area contributed by atoms with Crippen LogP contribution in [0.25, 0.3) is 34.4 Å². The fraction of sp³-hybridized carbons (Fsp3) is 0.154. The lowest BCUT2D eigenvalue weighted by Gasteiger charge is -2.23. The molecule has 0 unspecified atom stereocenters. The molecule has 0 bridgehead atoms. The zero-order valence-corrected chi connectivity index (χ0v) is 16.3. The number of hydrogen-bond acceptors (Lipinski definition) is 1. The Morgan fingerprint density at radius 1 is 0.741 bits per heavy atom. The minimum absolute atomic E-state index is 0.132. The van der Waals surface area contributed by atoms with Gasteiger partial charge in [-0.05, 0) is 44.9 Å². The smallest absolute Gasteiger partial charge is 0.127 e. The molecule has 27 heavy (non-hydrogen) atoms. The van der Waals surface area contributed by atoms with Crippen LogP contribution in [-0.2, 0) is 5.41 Å². The van der Waals surface area contributed by atoms with Crippen molar-refractivity contribution in [1.82, 2.24) is 0 Å². The SMILES string of the molecule is C=Cc1ccc(-c2cc(C=C)ccc2-c2cccc(C(C)(C)C)c2O)cc1. The van der Waals surface area contributed by atoms with E-state index < -0.39 is 0 Å². The highest BCUT2D eigenvalue weighted by Gasteiger charge is 2.21. The van der Waals surface area contributed by atoms with Crippen LogP contribution in [0.4, 0.5) is 0 Å². The van der Waals surface area contributed by atoms with Crippen LogP contribution in [0.2, 0.25) is 0 Å². The van der Waals surface area contributed by atoms with Crippen molar-refractivity contribution in [2.24, 2.45) is 0 Å². The molecule has 3 aromatic carbocycles. The van der Waals surface area contributed by atoms with Gasteiger partial charge in [-0.15, -0.1) is 0 Å². The Kier molecular flexibility index (Phi) is 5.05. The molecule has 0 aromatic heterocycles. The summed E-state index contributed by atoms with van der Waals surface area (Å²) in [5, 5.41) is 11.0. The highest BCUT2D eigenvalue weighted by Crippen LogP contribution is 2.42. The van der Waals surface area contributed by atoms with Crippen molar-refractivity contribution in [3.8, 4) is 28.0 Å². The minimum Gasteiger partial charge on any atom is -0.507 e. The summed E-state index contributed by atoms with van der Waals surface area (Å²) >= 11 is 0. The first-order chi connectivity index (χ1) is 12.8. The Hall–Kier alpha value is -3.06. The number of hydrogen-bond donors (Lipinski definition) is 1. The van der Waals surface area contributed by atoms with Gasteiger partial charge in [-0.25, -0.2) is 0 Å². The maximum absolute atomic E-state index is 11.0. The summed E-state index contributed by atoms with van der Waals surface area (Å²) in [6.07, 6.45) is 3.68. The third kappa shape index (κ3) is 3.73. The molecule has 0 aliphatic heterocycles. The van der Waals surface area contributed by atoms with Gasteiger partial charge in [-0.2, -0.15) is 0 Å². The zero-order chi connectivity index (χ0) is 19.6. The van der Waals surface area contributed by atoms with E-state index in [-0.39, 0.29) is 5.41 Å². The molecular weight excluding hydrogens is 328 g/mol. The van der Waals surface area contributed by atoms with E-state index in [1.165, 1.54) is 0 Å². The topological polar surface area (TPSA) is 20.2 Å². The average Bonchev–Trinajstić information content (AvgIpc) is 2.67. The largest absolute Gasteiger partial charge is 0.507 e. The summed E-state index contributed by atoms with van der Waals surface area (Å²) in [5.74, 6) is 0.348. The Labute approximate surface area is 162 Å². The number of para-hydroxylation sites is 1. The maximum atomic E-state index is 11.0. The molecule has 136 valence electrons. The molecule has 1 nitrogen and oxygen atoms in total. The molecular formula is C26H26O. The van der Waals surface area contributed by atoms with Crippen LogP contribution in [0.3, 0.4) is 0 Å². The van der Waals surface area contributed by atoms with Crippen molar-refractivity contribution in [2.75, 3.05) is 0 Å². The van der Waals surface area contributed by atoms with Gasteiger partial charge < -0.3 is 5.11 Å². The number of aromatic hydroxyl groups is 1. The number of benzene rings is 3. The third-order valence-electron chi connectivity index (χ3n) is 4.87. The highest BCUT2D eigenvalue weighted by atomic mass is 16.3. The van der Waals surface area contributed by atoms with E-state index in [1.807, 2.05) is 36.4 Å². The van der Waals surface area contributed by atoms with E-state index in [2.05, 4.69) is 70.3 Å². The monoisotopic (exact) mass is 354 g/mol. The molecule has 0 saturated heterocycles. The Balaban J connectivity index is 2.25. The minimum atomic E-state index is -0.132. The Morgan fingerprint density at radius 2 is 1.37 bits per heavy atom. The third-order valence-corrected chi connectivity index (χ3v) is 4.87. The van der Waals surface area contributed by atoms with Crippen LogP contribution in [0, 0.1) is 0 Å². The van der Waals surface area contributed by atoms with Crippen LogP contribution in [0.1, 0.15) is 37.5 Å².